The van der Waals surface area contributed by atoms with Crippen LogP contribution < -0.4 is 4.72 Å². The molecule has 1 atom stereocenters. The number of halogens is 1. The maximum absolute atomic E-state index is 14.4. The second kappa shape index (κ2) is 10.8. The van der Waals surface area contributed by atoms with Crippen molar-refractivity contribution in [1.29, 1.82) is 0 Å². The van der Waals surface area contributed by atoms with E-state index >= 15 is 0 Å². The van der Waals surface area contributed by atoms with Crippen LogP contribution in [0.15, 0.2) is 58.3 Å². The van der Waals surface area contributed by atoms with E-state index in [1.165, 1.54) is 34.6 Å². The van der Waals surface area contributed by atoms with Crippen LogP contribution in [0.2, 0.25) is 0 Å². The van der Waals surface area contributed by atoms with E-state index in [4.69, 9.17) is 4.74 Å². The van der Waals surface area contributed by atoms with Gasteiger partial charge in [-0.2, -0.15) is 4.31 Å². The van der Waals surface area contributed by atoms with Gasteiger partial charge in [0.2, 0.25) is 20.0 Å². The molecule has 2 fully saturated rings. The summed E-state index contributed by atoms with van der Waals surface area (Å²) in [6.45, 7) is 0.743. The molecule has 2 aromatic carbocycles. The van der Waals surface area contributed by atoms with Crippen LogP contribution in [-0.4, -0.2) is 46.4 Å². The van der Waals surface area contributed by atoms with E-state index in [9.17, 15) is 21.2 Å². The molecule has 1 saturated heterocycles. The van der Waals surface area contributed by atoms with Crippen LogP contribution in [0.5, 0.6) is 0 Å². The first-order chi connectivity index (χ1) is 16.3. The Morgan fingerprint density at radius 3 is 2.21 bits per heavy atom. The summed E-state index contributed by atoms with van der Waals surface area (Å²) in [5, 5.41) is 0. The second-order valence-corrected chi connectivity index (χ2v) is 12.5. The van der Waals surface area contributed by atoms with Gasteiger partial charge in [-0.3, -0.25) is 0 Å². The second-order valence-electron chi connectivity index (χ2n) is 8.89. The van der Waals surface area contributed by atoms with Crippen molar-refractivity contribution in [1.82, 2.24) is 9.03 Å². The molecule has 0 amide bonds. The van der Waals surface area contributed by atoms with E-state index in [1.807, 2.05) is 0 Å². The minimum atomic E-state index is -3.97. The highest BCUT2D eigenvalue weighted by atomic mass is 32.2. The molecule has 1 saturated carbocycles. The minimum Gasteiger partial charge on any atom is -0.377 e. The molecule has 10 heteroatoms. The van der Waals surface area contributed by atoms with Gasteiger partial charge in [0.15, 0.2) is 0 Å². The molecule has 0 aromatic heterocycles. The van der Waals surface area contributed by atoms with Crippen molar-refractivity contribution in [2.45, 2.75) is 73.4 Å². The zero-order chi connectivity index (χ0) is 24.2. The Morgan fingerprint density at radius 2 is 1.56 bits per heavy atom. The van der Waals surface area contributed by atoms with Crippen LogP contribution >= 0.6 is 0 Å². The Balaban J connectivity index is 1.56. The molecule has 2 aliphatic rings. The zero-order valence-electron chi connectivity index (χ0n) is 19.0. The topological polar surface area (TPSA) is 92.8 Å². The van der Waals surface area contributed by atoms with Gasteiger partial charge in [-0.05, 0) is 56.0 Å². The molecule has 1 heterocycles. The third-order valence-corrected chi connectivity index (χ3v) is 9.88. The van der Waals surface area contributed by atoms with E-state index in [2.05, 4.69) is 4.72 Å². The molecule has 34 heavy (non-hydrogen) atoms. The standard InChI is InChI=1S/C24H31FN2O5S2/c25-24-11-5-4-7-19(24)18-27(20-8-2-1-3-9-20)34(30,31)23-14-12-22(13-15-23)33(28,29)26-17-21-10-6-16-32-21/h4-5,7,11-15,20-21,26H,1-3,6,8-10,16-18H2/t21-/m0/s1. The summed E-state index contributed by atoms with van der Waals surface area (Å²) in [5.41, 5.74) is 0.314. The summed E-state index contributed by atoms with van der Waals surface area (Å²) in [7, 11) is -7.76. The average Bonchev–Trinajstić information content (AvgIpc) is 3.37. The van der Waals surface area contributed by atoms with Crippen molar-refractivity contribution in [2.24, 2.45) is 0 Å². The number of hydrogen-bond acceptors (Lipinski definition) is 5. The smallest absolute Gasteiger partial charge is 0.243 e. The van der Waals surface area contributed by atoms with Crippen molar-refractivity contribution in [3.8, 4) is 0 Å². The van der Waals surface area contributed by atoms with E-state index in [1.54, 1.807) is 18.2 Å². The van der Waals surface area contributed by atoms with Crippen LogP contribution in [0.1, 0.15) is 50.5 Å². The van der Waals surface area contributed by atoms with E-state index < -0.39 is 25.9 Å². The lowest BCUT2D eigenvalue weighted by Crippen LogP contribution is -2.41. The average molecular weight is 511 g/mol. The van der Waals surface area contributed by atoms with Crippen molar-refractivity contribution in [2.75, 3.05) is 13.2 Å². The van der Waals surface area contributed by atoms with E-state index in [0.29, 0.717) is 25.0 Å². The van der Waals surface area contributed by atoms with Gasteiger partial charge in [0.05, 0.1) is 15.9 Å². The molecule has 4 rings (SSSR count). The highest BCUT2D eigenvalue weighted by Crippen LogP contribution is 2.30. The molecular formula is C24H31FN2O5S2. The molecule has 186 valence electrons. The van der Waals surface area contributed by atoms with Crippen LogP contribution in [0, 0.1) is 5.82 Å². The Labute approximate surface area is 201 Å². The molecule has 1 aliphatic heterocycles. The quantitative estimate of drug-likeness (QED) is 0.554. The van der Waals surface area contributed by atoms with Crippen LogP contribution in [0.3, 0.4) is 0 Å². The molecular weight excluding hydrogens is 479 g/mol. The summed E-state index contributed by atoms with van der Waals surface area (Å²) in [5.74, 6) is -0.447. The predicted molar refractivity (Wildman–Crippen MR) is 127 cm³/mol. The maximum Gasteiger partial charge on any atom is 0.243 e. The number of benzene rings is 2. The molecule has 1 N–H and O–H groups in total. The van der Waals surface area contributed by atoms with Gasteiger partial charge in [0.25, 0.3) is 0 Å². The summed E-state index contributed by atoms with van der Waals surface area (Å²) in [6.07, 6.45) is 5.89. The van der Waals surface area contributed by atoms with E-state index in [-0.39, 0.29) is 35.0 Å². The maximum atomic E-state index is 14.4. The zero-order valence-corrected chi connectivity index (χ0v) is 20.7. The lowest BCUT2D eigenvalue weighted by molar-refractivity contribution is 0.114. The normalized spacial score (nSPS) is 20.1. The Kier molecular flexibility index (Phi) is 8.04. The summed E-state index contributed by atoms with van der Waals surface area (Å²) >= 11 is 0. The minimum absolute atomic E-state index is 0.00695. The third-order valence-electron chi connectivity index (χ3n) is 6.53. The Bertz CT molecular complexity index is 1170. The summed E-state index contributed by atoms with van der Waals surface area (Å²) in [6, 6.07) is 11.2. The van der Waals surface area contributed by atoms with Crippen molar-refractivity contribution in [3.63, 3.8) is 0 Å². The largest absolute Gasteiger partial charge is 0.377 e. The molecule has 0 radical (unpaired) electrons. The SMILES string of the molecule is O=S(=O)(NC[C@@H]1CCCO1)c1ccc(S(=O)(=O)N(Cc2ccccc2F)C2CCCCC2)cc1. The fourth-order valence-electron chi connectivity index (χ4n) is 4.59. The number of nitrogens with one attached hydrogen (secondary N) is 1. The van der Waals surface area contributed by atoms with Gasteiger partial charge >= 0.3 is 0 Å². The molecule has 7 nitrogen and oxygen atoms in total. The fourth-order valence-corrected chi connectivity index (χ4v) is 7.32. The number of rotatable bonds is 9. The lowest BCUT2D eigenvalue weighted by Gasteiger charge is -2.33. The first kappa shape index (κ1) is 25.2. The highest BCUT2D eigenvalue weighted by Gasteiger charge is 2.33. The van der Waals surface area contributed by atoms with Crippen LogP contribution in [0.25, 0.3) is 0 Å². The van der Waals surface area contributed by atoms with Gasteiger partial charge in [0.1, 0.15) is 5.82 Å². The number of hydrogen-bond donors (Lipinski definition) is 1. The highest BCUT2D eigenvalue weighted by molar-refractivity contribution is 7.89. The van der Waals surface area contributed by atoms with Gasteiger partial charge in [0, 0.05) is 31.3 Å². The first-order valence-corrected chi connectivity index (χ1v) is 14.7. The Hall–Kier alpha value is -1.85. The molecule has 2 aromatic rings. The number of sulfonamides is 2. The lowest BCUT2D eigenvalue weighted by atomic mass is 9.95. The van der Waals surface area contributed by atoms with Crippen LogP contribution in [0.4, 0.5) is 4.39 Å². The number of ether oxygens (including phenoxy) is 1. The van der Waals surface area contributed by atoms with Crippen molar-refractivity contribution < 1.29 is 26.0 Å². The molecule has 0 bridgehead atoms. The molecule has 1 aliphatic carbocycles. The van der Waals surface area contributed by atoms with Gasteiger partial charge in [-0.25, -0.2) is 25.9 Å². The van der Waals surface area contributed by atoms with Gasteiger partial charge < -0.3 is 4.74 Å². The van der Waals surface area contributed by atoms with E-state index in [0.717, 1.165) is 32.1 Å². The Morgan fingerprint density at radius 1 is 0.882 bits per heavy atom. The van der Waals surface area contributed by atoms with Gasteiger partial charge in [-0.1, -0.05) is 37.5 Å². The van der Waals surface area contributed by atoms with Crippen molar-refractivity contribution in [3.05, 3.63) is 59.9 Å². The van der Waals surface area contributed by atoms with Crippen molar-refractivity contribution >= 4 is 20.0 Å². The van der Waals surface area contributed by atoms with Crippen LogP contribution in [-0.2, 0) is 31.3 Å². The summed E-state index contributed by atoms with van der Waals surface area (Å²) < 4.78 is 76.3. The number of nitrogens with zero attached hydrogens (tertiary/aromatic N) is 1. The molecule has 0 spiro atoms. The fraction of sp³-hybridized carbons (Fsp3) is 0.500. The predicted octanol–water partition coefficient (Wildman–Crippen LogP) is 3.81. The third kappa shape index (κ3) is 5.85. The summed E-state index contributed by atoms with van der Waals surface area (Å²) in [4.78, 5) is -0.0183. The molecule has 0 unspecified atom stereocenters. The monoisotopic (exact) mass is 510 g/mol. The first-order valence-electron chi connectivity index (χ1n) is 11.7. The van der Waals surface area contributed by atoms with Gasteiger partial charge in [-0.15, -0.1) is 0 Å².